The maximum absolute atomic E-state index is 12.5. The summed E-state index contributed by atoms with van der Waals surface area (Å²) in [6.07, 6.45) is 4.48. The molecule has 1 saturated heterocycles. The van der Waals surface area contributed by atoms with E-state index in [1.165, 1.54) is 5.56 Å². The summed E-state index contributed by atoms with van der Waals surface area (Å²) in [5.41, 5.74) is 3.06. The first-order chi connectivity index (χ1) is 12.1. The van der Waals surface area contributed by atoms with Crippen LogP contribution in [0.4, 0.5) is 0 Å². The first-order valence-electron chi connectivity index (χ1n) is 8.60. The van der Waals surface area contributed by atoms with Crippen LogP contribution in [-0.2, 0) is 28.0 Å². The van der Waals surface area contributed by atoms with Gasteiger partial charge in [-0.3, -0.25) is 4.79 Å². The number of carbonyl (C=O) groups is 1. The zero-order chi connectivity index (χ0) is 17.4. The molecule has 2 aliphatic rings. The van der Waals surface area contributed by atoms with E-state index in [1.54, 1.807) is 6.92 Å². The van der Waals surface area contributed by atoms with Crippen LogP contribution in [0.2, 0.25) is 0 Å². The number of likely N-dealkylation sites (tertiary alicyclic amines) is 1. The summed E-state index contributed by atoms with van der Waals surface area (Å²) >= 11 is 0. The van der Waals surface area contributed by atoms with Crippen molar-refractivity contribution in [2.45, 2.75) is 45.1 Å². The van der Waals surface area contributed by atoms with Crippen LogP contribution in [0.3, 0.4) is 0 Å². The molecule has 1 spiro atoms. The molecule has 25 heavy (non-hydrogen) atoms. The molecule has 132 valence electrons. The second kappa shape index (κ2) is 6.18. The van der Waals surface area contributed by atoms with Gasteiger partial charge in [-0.2, -0.15) is 0 Å². The number of hydrogen-bond acceptors (Lipinski definition) is 7. The minimum Gasteiger partial charge on any atom is -0.368 e. The molecule has 1 fully saturated rings. The Hall–Kier alpha value is -2.35. The molecule has 8 heteroatoms. The number of ether oxygens (including phenoxy) is 1. The van der Waals surface area contributed by atoms with Gasteiger partial charge in [0.15, 0.2) is 0 Å². The third kappa shape index (κ3) is 2.90. The average molecular weight is 343 g/mol. The highest BCUT2D eigenvalue weighted by atomic mass is 16.6. The Bertz CT molecular complexity index is 795. The number of carbonyl (C=O) groups excluding carboxylic acids is 1. The number of rotatable bonds is 2. The Kier molecular flexibility index (Phi) is 3.99. The lowest BCUT2D eigenvalue weighted by Crippen LogP contribution is -2.49. The van der Waals surface area contributed by atoms with Crippen molar-refractivity contribution in [3.63, 3.8) is 0 Å². The molecule has 2 aromatic rings. The number of hydrogen-bond donors (Lipinski definition) is 0. The van der Waals surface area contributed by atoms with Crippen molar-refractivity contribution in [1.29, 1.82) is 0 Å². The minimum atomic E-state index is -0.385. The summed E-state index contributed by atoms with van der Waals surface area (Å²) in [7, 11) is 0. The quantitative estimate of drug-likeness (QED) is 0.806. The highest BCUT2D eigenvalue weighted by Gasteiger charge is 2.43. The zero-order valence-electron chi connectivity index (χ0n) is 14.5. The molecule has 0 N–H and O–H groups in total. The summed E-state index contributed by atoms with van der Waals surface area (Å²) in [4.78, 5) is 23.4. The highest BCUT2D eigenvalue weighted by Crippen LogP contribution is 2.40. The summed E-state index contributed by atoms with van der Waals surface area (Å²) in [5.74, 6) is 0.805. The van der Waals surface area contributed by atoms with Crippen molar-refractivity contribution in [2.24, 2.45) is 0 Å². The van der Waals surface area contributed by atoms with E-state index in [2.05, 4.69) is 24.9 Å². The van der Waals surface area contributed by atoms with Crippen LogP contribution < -0.4 is 0 Å². The largest absolute Gasteiger partial charge is 0.368 e. The second-order valence-electron chi connectivity index (χ2n) is 6.74. The van der Waals surface area contributed by atoms with Crippen LogP contribution in [-0.4, -0.2) is 50.8 Å². The monoisotopic (exact) mass is 343 g/mol. The van der Waals surface area contributed by atoms with Gasteiger partial charge >= 0.3 is 0 Å². The SMILES string of the molecule is Cc1ncc2c(n1)C1(CCN(C(=O)Cc3nonc3C)CC1)OCC2. The molecular formula is C17H21N5O3. The summed E-state index contributed by atoms with van der Waals surface area (Å²) in [6.45, 7) is 5.66. The van der Waals surface area contributed by atoms with Gasteiger partial charge in [-0.25, -0.2) is 14.6 Å². The molecule has 0 radical (unpaired) electrons. The van der Waals surface area contributed by atoms with Crippen molar-refractivity contribution in [2.75, 3.05) is 19.7 Å². The van der Waals surface area contributed by atoms with Gasteiger partial charge in [-0.1, -0.05) is 10.3 Å². The lowest BCUT2D eigenvalue weighted by molar-refractivity contribution is -0.140. The van der Waals surface area contributed by atoms with Crippen LogP contribution in [0.15, 0.2) is 10.8 Å². The number of aromatic nitrogens is 4. The molecule has 0 aliphatic carbocycles. The molecule has 2 aliphatic heterocycles. The predicted octanol–water partition coefficient (Wildman–Crippen LogP) is 1.11. The lowest BCUT2D eigenvalue weighted by atomic mass is 9.83. The number of piperidine rings is 1. The molecule has 0 bridgehead atoms. The van der Waals surface area contributed by atoms with Gasteiger partial charge in [0.05, 0.1) is 18.7 Å². The standard InChI is InChI=1S/C17H21N5O3/c1-11-14(21-25-20-11)9-15(23)22-6-4-17(5-7-22)16-13(3-8-24-17)10-18-12(2)19-16/h10H,3-9H2,1-2H3. The molecule has 0 unspecified atom stereocenters. The van der Waals surface area contributed by atoms with Crippen molar-refractivity contribution in [1.82, 2.24) is 25.2 Å². The normalized spacial score (nSPS) is 19.0. The highest BCUT2D eigenvalue weighted by molar-refractivity contribution is 5.78. The summed E-state index contributed by atoms with van der Waals surface area (Å²) in [6, 6.07) is 0. The van der Waals surface area contributed by atoms with E-state index in [-0.39, 0.29) is 17.9 Å². The van der Waals surface area contributed by atoms with Crippen LogP contribution >= 0.6 is 0 Å². The predicted molar refractivity (Wildman–Crippen MR) is 86.7 cm³/mol. The first-order valence-corrected chi connectivity index (χ1v) is 8.60. The van der Waals surface area contributed by atoms with E-state index in [9.17, 15) is 4.79 Å². The summed E-state index contributed by atoms with van der Waals surface area (Å²) < 4.78 is 10.8. The van der Waals surface area contributed by atoms with Crippen molar-refractivity contribution in [3.8, 4) is 0 Å². The number of fused-ring (bicyclic) bond motifs is 2. The van der Waals surface area contributed by atoms with Crippen molar-refractivity contribution < 1.29 is 14.2 Å². The maximum atomic E-state index is 12.5. The number of amides is 1. The fourth-order valence-corrected chi connectivity index (χ4v) is 3.66. The number of aryl methyl sites for hydroxylation is 2. The van der Waals surface area contributed by atoms with E-state index in [1.807, 2.05) is 18.0 Å². The van der Waals surface area contributed by atoms with Gasteiger partial charge in [-0.15, -0.1) is 0 Å². The Morgan fingerprint density at radius 1 is 1.28 bits per heavy atom. The Balaban J connectivity index is 1.48. The van der Waals surface area contributed by atoms with Crippen molar-refractivity contribution in [3.05, 3.63) is 34.7 Å². The van der Waals surface area contributed by atoms with Gasteiger partial charge in [0.1, 0.15) is 22.8 Å². The van der Waals surface area contributed by atoms with Gasteiger partial charge in [0.2, 0.25) is 5.91 Å². The average Bonchev–Trinajstić information content (AvgIpc) is 3.01. The molecular weight excluding hydrogens is 322 g/mol. The van der Waals surface area contributed by atoms with Gasteiger partial charge < -0.3 is 9.64 Å². The van der Waals surface area contributed by atoms with E-state index in [0.29, 0.717) is 31.1 Å². The molecule has 4 heterocycles. The number of nitrogens with zero attached hydrogens (tertiary/aromatic N) is 5. The van der Waals surface area contributed by atoms with Gasteiger partial charge in [0, 0.05) is 19.3 Å². The van der Waals surface area contributed by atoms with Gasteiger partial charge in [-0.05, 0) is 38.7 Å². The van der Waals surface area contributed by atoms with E-state index in [0.717, 1.165) is 30.8 Å². The third-order valence-electron chi connectivity index (χ3n) is 5.16. The smallest absolute Gasteiger partial charge is 0.228 e. The van der Waals surface area contributed by atoms with E-state index >= 15 is 0 Å². The Labute approximate surface area is 145 Å². The van der Waals surface area contributed by atoms with Crippen LogP contribution in [0.1, 0.15) is 41.3 Å². The molecule has 0 saturated carbocycles. The van der Waals surface area contributed by atoms with Crippen LogP contribution in [0.5, 0.6) is 0 Å². The molecule has 2 aromatic heterocycles. The lowest BCUT2D eigenvalue weighted by Gasteiger charge is -2.44. The van der Waals surface area contributed by atoms with Crippen molar-refractivity contribution >= 4 is 5.91 Å². The third-order valence-corrected chi connectivity index (χ3v) is 5.16. The Morgan fingerprint density at radius 3 is 2.80 bits per heavy atom. The molecule has 1 amide bonds. The minimum absolute atomic E-state index is 0.0450. The van der Waals surface area contributed by atoms with Crippen LogP contribution in [0.25, 0.3) is 0 Å². The topological polar surface area (TPSA) is 94.2 Å². The summed E-state index contributed by atoms with van der Waals surface area (Å²) in [5, 5.41) is 7.52. The molecule has 8 nitrogen and oxygen atoms in total. The molecule has 4 rings (SSSR count). The van der Waals surface area contributed by atoms with E-state index < -0.39 is 0 Å². The first kappa shape index (κ1) is 16.1. The van der Waals surface area contributed by atoms with Crippen LogP contribution in [0, 0.1) is 13.8 Å². The molecule has 0 atom stereocenters. The fraction of sp³-hybridized carbons (Fsp3) is 0.588. The maximum Gasteiger partial charge on any atom is 0.228 e. The zero-order valence-corrected chi connectivity index (χ0v) is 14.5. The van der Waals surface area contributed by atoms with E-state index in [4.69, 9.17) is 4.74 Å². The fourth-order valence-electron chi connectivity index (χ4n) is 3.66. The Morgan fingerprint density at radius 2 is 2.08 bits per heavy atom. The molecule has 0 aromatic carbocycles. The second-order valence-corrected chi connectivity index (χ2v) is 6.74. The van der Waals surface area contributed by atoms with Gasteiger partial charge in [0.25, 0.3) is 0 Å².